The van der Waals surface area contributed by atoms with E-state index in [1.807, 2.05) is 12.1 Å². The lowest BCUT2D eigenvalue weighted by Gasteiger charge is -2.24. The Morgan fingerprint density at radius 2 is 2.15 bits per heavy atom. The minimum atomic E-state index is -1.02. The third kappa shape index (κ3) is 3.69. The quantitative estimate of drug-likeness (QED) is 0.885. The molecule has 2 rings (SSSR count). The van der Waals surface area contributed by atoms with Gasteiger partial charge < -0.3 is 10.4 Å². The lowest BCUT2D eigenvalue weighted by Crippen LogP contribution is -2.30. The average molecular weight is 312 g/mol. The maximum Gasteiger partial charge on any atom is 0.205 e. The minimum Gasteiger partial charge on any atom is -0.384 e. The van der Waals surface area contributed by atoms with Crippen LogP contribution in [0, 0.1) is 0 Å². The first-order chi connectivity index (χ1) is 9.38. The number of hydrogen-bond acceptors (Lipinski definition) is 5. The van der Waals surface area contributed by atoms with E-state index in [1.54, 1.807) is 19.1 Å². The van der Waals surface area contributed by atoms with E-state index in [0.29, 0.717) is 17.5 Å². The van der Waals surface area contributed by atoms with Crippen LogP contribution >= 0.6 is 22.9 Å². The summed E-state index contributed by atoms with van der Waals surface area (Å²) in [6, 6.07) is 7.23. The Morgan fingerprint density at radius 1 is 1.40 bits per heavy atom. The monoisotopic (exact) mass is 311 g/mol. The Hall–Kier alpha value is -1.17. The summed E-state index contributed by atoms with van der Waals surface area (Å²) in [5.74, 6) is 0.358. The maximum absolute atomic E-state index is 10.5. The first-order valence-corrected chi connectivity index (χ1v) is 7.63. The zero-order valence-corrected chi connectivity index (χ0v) is 13.3. The van der Waals surface area contributed by atoms with Gasteiger partial charge in [-0.1, -0.05) is 48.9 Å². The van der Waals surface area contributed by atoms with Crippen molar-refractivity contribution in [3.05, 3.63) is 39.9 Å². The van der Waals surface area contributed by atoms with Gasteiger partial charge in [-0.05, 0) is 24.6 Å². The van der Waals surface area contributed by atoms with E-state index in [4.69, 9.17) is 11.6 Å². The summed E-state index contributed by atoms with van der Waals surface area (Å²) in [6.45, 7) is 6.25. The highest BCUT2D eigenvalue weighted by atomic mass is 35.5. The van der Waals surface area contributed by atoms with Crippen LogP contribution in [0.2, 0.25) is 5.02 Å². The van der Waals surface area contributed by atoms with E-state index in [2.05, 4.69) is 29.4 Å². The zero-order valence-electron chi connectivity index (χ0n) is 11.7. The van der Waals surface area contributed by atoms with Crippen LogP contribution in [0.1, 0.15) is 37.3 Å². The fourth-order valence-electron chi connectivity index (χ4n) is 1.71. The normalized spacial score (nSPS) is 14.3. The number of aromatic nitrogens is 2. The highest BCUT2D eigenvalue weighted by Crippen LogP contribution is 2.26. The molecule has 4 nitrogen and oxygen atoms in total. The van der Waals surface area contributed by atoms with Crippen molar-refractivity contribution in [2.45, 2.75) is 32.3 Å². The molecule has 108 valence electrons. The molecule has 2 aromatic rings. The Kier molecular flexibility index (Phi) is 4.62. The summed E-state index contributed by atoms with van der Waals surface area (Å²) in [7, 11) is 0. The van der Waals surface area contributed by atoms with E-state index in [9.17, 15) is 5.11 Å². The maximum atomic E-state index is 10.5. The first kappa shape index (κ1) is 15.2. The van der Waals surface area contributed by atoms with Crippen molar-refractivity contribution in [1.82, 2.24) is 10.2 Å². The number of nitrogens with one attached hydrogen (secondary N) is 1. The summed E-state index contributed by atoms with van der Waals surface area (Å²) in [5, 5.41) is 24.1. The van der Waals surface area contributed by atoms with Crippen molar-refractivity contribution < 1.29 is 5.11 Å². The van der Waals surface area contributed by atoms with Gasteiger partial charge in [-0.2, -0.15) is 0 Å². The van der Waals surface area contributed by atoms with Crippen molar-refractivity contribution in [2.75, 3.05) is 11.9 Å². The van der Waals surface area contributed by atoms with E-state index < -0.39 is 5.60 Å². The topological polar surface area (TPSA) is 58.0 Å². The molecular weight excluding hydrogens is 294 g/mol. The Bertz CT molecular complexity index is 583. The fraction of sp³-hybridized carbons (Fsp3) is 0.429. The molecule has 1 aromatic heterocycles. The highest BCUT2D eigenvalue weighted by Gasteiger charge is 2.23. The fourth-order valence-corrected chi connectivity index (χ4v) is 2.64. The van der Waals surface area contributed by atoms with Gasteiger partial charge in [0.1, 0.15) is 10.6 Å². The van der Waals surface area contributed by atoms with Crippen LogP contribution in [0.5, 0.6) is 0 Å². The molecule has 0 spiro atoms. The van der Waals surface area contributed by atoms with Gasteiger partial charge in [0.05, 0.1) is 0 Å². The molecule has 6 heteroatoms. The second kappa shape index (κ2) is 6.08. The molecular formula is C14H18ClN3OS. The standard InChI is InChI=1S/C14H18ClN3OS/c1-9(2)12-17-18-13(20-12)16-8-14(3,19)10-5-4-6-11(15)7-10/h4-7,9,19H,8H2,1-3H3,(H,16,18). The summed E-state index contributed by atoms with van der Waals surface area (Å²) >= 11 is 7.46. The molecule has 0 fully saturated rings. The second-order valence-corrected chi connectivity index (χ2v) is 6.68. The van der Waals surface area contributed by atoms with Gasteiger partial charge in [-0.3, -0.25) is 0 Å². The zero-order chi connectivity index (χ0) is 14.8. The molecule has 2 N–H and O–H groups in total. The molecule has 0 saturated heterocycles. The third-order valence-corrected chi connectivity index (χ3v) is 4.38. The molecule has 20 heavy (non-hydrogen) atoms. The number of benzene rings is 1. The molecule has 0 amide bonds. The van der Waals surface area contributed by atoms with Gasteiger partial charge >= 0.3 is 0 Å². The number of hydrogen-bond donors (Lipinski definition) is 2. The van der Waals surface area contributed by atoms with Crippen LogP contribution < -0.4 is 5.32 Å². The average Bonchev–Trinajstić information content (AvgIpc) is 2.85. The third-order valence-electron chi connectivity index (χ3n) is 2.96. The number of anilines is 1. The smallest absolute Gasteiger partial charge is 0.205 e. The summed E-state index contributed by atoms with van der Waals surface area (Å²) < 4.78 is 0. The predicted molar refractivity (Wildman–Crippen MR) is 83.5 cm³/mol. The van der Waals surface area contributed by atoms with Crippen molar-refractivity contribution in [3.8, 4) is 0 Å². The lowest BCUT2D eigenvalue weighted by atomic mass is 9.96. The molecule has 1 unspecified atom stereocenters. The molecule has 0 aliphatic carbocycles. The van der Waals surface area contributed by atoms with Gasteiger partial charge in [0, 0.05) is 17.5 Å². The number of nitrogens with zero attached hydrogens (tertiary/aromatic N) is 2. The number of rotatable bonds is 5. The van der Waals surface area contributed by atoms with Crippen LogP contribution in [-0.2, 0) is 5.60 Å². The SMILES string of the molecule is CC(C)c1nnc(NCC(C)(O)c2cccc(Cl)c2)s1. The molecule has 0 aliphatic heterocycles. The van der Waals surface area contributed by atoms with Crippen LogP contribution in [0.3, 0.4) is 0 Å². The van der Waals surface area contributed by atoms with Crippen molar-refractivity contribution in [1.29, 1.82) is 0 Å². The molecule has 0 saturated carbocycles. The summed E-state index contributed by atoms with van der Waals surface area (Å²) in [5.41, 5.74) is -0.250. The Labute approximate surface area is 127 Å². The molecule has 0 aliphatic rings. The van der Waals surface area contributed by atoms with E-state index in [1.165, 1.54) is 11.3 Å². The summed E-state index contributed by atoms with van der Waals surface area (Å²) in [6.07, 6.45) is 0. The molecule has 0 radical (unpaired) electrons. The van der Waals surface area contributed by atoms with E-state index in [-0.39, 0.29) is 0 Å². The van der Waals surface area contributed by atoms with Gasteiger partial charge in [-0.25, -0.2) is 0 Å². The molecule has 1 heterocycles. The summed E-state index contributed by atoms with van der Waals surface area (Å²) in [4.78, 5) is 0. The largest absolute Gasteiger partial charge is 0.384 e. The van der Waals surface area contributed by atoms with Gasteiger partial charge in [0.2, 0.25) is 5.13 Å². The Balaban J connectivity index is 2.04. The highest BCUT2D eigenvalue weighted by molar-refractivity contribution is 7.15. The van der Waals surface area contributed by atoms with Crippen LogP contribution in [0.4, 0.5) is 5.13 Å². The van der Waals surface area contributed by atoms with E-state index >= 15 is 0 Å². The lowest BCUT2D eigenvalue weighted by molar-refractivity contribution is 0.0715. The number of halogens is 1. The van der Waals surface area contributed by atoms with Gasteiger partial charge in [-0.15, -0.1) is 10.2 Å². The number of aliphatic hydroxyl groups is 1. The Morgan fingerprint density at radius 3 is 2.75 bits per heavy atom. The van der Waals surface area contributed by atoms with Gasteiger partial charge in [0.15, 0.2) is 0 Å². The molecule has 0 bridgehead atoms. The van der Waals surface area contributed by atoms with Gasteiger partial charge in [0.25, 0.3) is 0 Å². The van der Waals surface area contributed by atoms with Crippen molar-refractivity contribution in [2.24, 2.45) is 0 Å². The van der Waals surface area contributed by atoms with Crippen LogP contribution in [0.15, 0.2) is 24.3 Å². The van der Waals surface area contributed by atoms with E-state index in [0.717, 1.165) is 15.7 Å². The molecule has 1 atom stereocenters. The predicted octanol–water partition coefficient (Wildman–Crippen LogP) is 3.63. The second-order valence-electron chi connectivity index (χ2n) is 5.24. The first-order valence-electron chi connectivity index (χ1n) is 6.44. The molecule has 1 aromatic carbocycles. The van der Waals surface area contributed by atoms with Crippen molar-refractivity contribution in [3.63, 3.8) is 0 Å². The minimum absolute atomic E-state index is 0.347. The van der Waals surface area contributed by atoms with Crippen molar-refractivity contribution >= 4 is 28.1 Å². The van der Waals surface area contributed by atoms with Crippen LogP contribution in [-0.4, -0.2) is 21.8 Å². The van der Waals surface area contributed by atoms with Crippen LogP contribution in [0.25, 0.3) is 0 Å².